The van der Waals surface area contributed by atoms with Crippen LogP contribution in [0.25, 0.3) is 16.9 Å². The molecule has 6 nitrogen and oxygen atoms in total. The van der Waals surface area contributed by atoms with Crippen molar-refractivity contribution in [3.63, 3.8) is 0 Å². The number of aromatic nitrogens is 2. The summed E-state index contributed by atoms with van der Waals surface area (Å²) < 4.78 is 31.0. The molecule has 1 aliphatic heterocycles. The average molecular weight is 424 g/mol. The van der Waals surface area contributed by atoms with E-state index in [1.807, 2.05) is 65.5 Å². The maximum Gasteiger partial charge on any atom is 0.152 e. The third-order valence-electron chi connectivity index (χ3n) is 5.00. The summed E-state index contributed by atoms with van der Waals surface area (Å²) in [6.45, 7) is 2.76. The van der Waals surface area contributed by atoms with Crippen molar-refractivity contribution in [1.29, 1.82) is 0 Å². The highest BCUT2D eigenvalue weighted by Gasteiger charge is 2.27. The lowest BCUT2D eigenvalue weighted by molar-refractivity contribution is 0.317. The van der Waals surface area contributed by atoms with E-state index in [1.165, 1.54) is 0 Å². The highest BCUT2D eigenvalue weighted by Crippen LogP contribution is 2.25. The van der Waals surface area contributed by atoms with Crippen molar-refractivity contribution >= 4 is 16.1 Å². The molecule has 4 rings (SSSR count). The molecule has 1 saturated heterocycles. The van der Waals surface area contributed by atoms with E-state index >= 15 is 0 Å². The van der Waals surface area contributed by atoms with Gasteiger partial charge in [-0.2, -0.15) is 5.10 Å². The van der Waals surface area contributed by atoms with Crippen LogP contribution in [0, 0.1) is 0 Å². The summed E-state index contributed by atoms with van der Waals surface area (Å²) >= 11 is 0. The van der Waals surface area contributed by atoms with E-state index in [2.05, 4.69) is 11.9 Å². The summed E-state index contributed by atoms with van der Waals surface area (Å²) in [5.41, 5.74) is 3.55. The van der Waals surface area contributed by atoms with Crippen LogP contribution in [0.4, 0.5) is 0 Å². The summed E-state index contributed by atoms with van der Waals surface area (Å²) in [4.78, 5) is 4.56. The van der Waals surface area contributed by atoms with Gasteiger partial charge in [0.1, 0.15) is 11.4 Å². The van der Waals surface area contributed by atoms with Gasteiger partial charge in [0.25, 0.3) is 0 Å². The summed E-state index contributed by atoms with van der Waals surface area (Å²) in [5.74, 6) is 1.16. The monoisotopic (exact) mass is 423 g/mol. The predicted octanol–water partition coefficient (Wildman–Crippen LogP) is 3.93. The smallest absolute Gasteiger partial charge is 0.152 e. The van der Waals surface area contributed by atoms with Crippen LogP contribution in [-0.2, 0) is 9.84 Å². The average Bonchev–Trinajstić information content (AvgIpc) is 3.34. The van der Waals surface area contributed by atoms with E-state index in [-0.39, 0.29) is 17.5 Å². The second kappa shape index (κ2) is 8.83. The molecule has 0 N–H and O–H groups in total. The number of para-hydroxylation sites is 1. The third-order valence-corrected chi connectivity index (χ3v) is 6.75. The van der Waals surface area contributed by atoms with Gasteiger partial charge in [-0.1, -0.05) is 25.1 Å². The molecular formula is C23H25N3O3S. The molecule has 156 valence electrons. The molecule has 3 aromatic rings. The molecular weight excluding hydrogens is 398 g/mol. The number of nitrogens with zero attached hydrogens (tertiary/aromatic N) is 3. The van der Waals surface area contributed by atoms with Gasteiger partial charge in [-0.05, 0) is 49.2 Å². The first kappa shape index (κ1) is 20.3. The normalized spacial score (nSPS) is 18.1. The number of hydrogen-bond acceptors (Lipinski definition) is 5. The molecule has 0 saturated carbocycles. The van der Waals surface area contributed by atoms with E-state index in [0.29, 0.717) is 13.0 Å². The Bertz CT molecular complexity index is 1120. The first-order valence-corrected chi connectivity index (χ1v) is 12.0. The van der Waals surface area contributed by atoms with Gasteiger partial charge in [0.05, 0.1) is 29.8 Å². The van der Waals surface area contributed by atoms with Gasteiger partial charge in [0.2, 0.25) is 0 Å². The fourth-order valence-corrected chi connectivity index (χ4v) is 5.06. The molecule has 2 aromatic carbocycles. The van der Waals surface area contributed by atoms with Crippen LogP contribution >= 0.6 is 0 Å². The Morgan fingerprint density at radius 3 is 2.60 bits per heavy atom. The van der Waals surface area contributed by atoms with Crippen molar-refractivity contribution in [3.05, 3.63) is 66.4 Å². The molecule has 0 radical (unpaired) electrons. The standard InChI is InChI=1S/C23H25N3O3S/c1-2-13-29-22-10-8-18(9-11-22)23-19(15-24-20-12-14-30(27,28)17-20)16-26(25-23)21-6-4-3-5-7-21/h3-11,15-16,20H,2,12-14,17H2,1H3/t20-/m1/s1. The number of benzene rings is 2. The zero-order valence-electron chi connectivity index (χ0n) is 16.9. The Morgan fingerprint density at radius 1 is 1.17 bits per heavy atom. The van der Waals surface area contributed by atoms with Gasteiger partial charge in [-0.15, -0.1) is 0 Å². The summed E-state index contributed by atoms with van der Waals surface area (Å²) in [6.07, 6.45) is 5.22. The second-order valence-electron chi connectivity index (χ2n) is 7.42. The molecule has 7 heteroatoms. The van der Waals surface area contributed by atoms with Crippen molar-refractivity contribution in [2.45, 2.75) is 25.8 Å². The SMILES string of the molecule is CCCOc1ccc(-c2nn(-c3ccccc3)cc2C=N[C@@H]2CCS(=O)(=O)C2)cc1. The van der Waals surface area contributed by atoms with Gasteiger partial charge in [-0.25, -0.2) is 13.1 Å². The second-order valence-corrected chi connectivity index (χ2v) is 9.65. The van der Waals surface area contributed by atoms with Gasteiger partial charge in [-0.3, -0.25) is 4.99 Å². The van der Waals surface area contributed by atoms with Crippen molar-refractivity contribution in [1.82, 2.24) is 9.78 Å². The molecule has 1 fully saturated rings. The summed E-state index contributed by atoms with van der Waals surface area (Å²) in [6, 6.07) is 17.5. The first-order chi connectivity index (χ1) is 14.5. The number of ether oxygens (including phenoxy) is 1. The Hall–Kier alpha value is -2.93. The maximum absolute atomic E-state index is 11.7. The van der Waals surface area contributed by atoms with E-state index in [9.17, 15) is 8.42 Å². The highest BCUT2D eigenvalue weighted by atomic mass is 32.2. The number of hydrogen-bond donors (Lipinski definition) is 0. The Morgan fingerprint density at radius 2 is 1.93 bits per heavy atom. The molecule has 0 aliphatic carbocycles. The molecule has 0 amide bonds. The summed E-state index contributed by atoms with van der Waals surface area (Å²) in [5, 5.41) is 4.78. The summed E-state index contributed by atoms with van der Waals surface area (Å²) in [7, 11) is -2.96. The van der Waals surface area contributed by atoms with Gasteiger partial charge in [0, 0.05) is 23.5 Å². The van der Waals surface area contributed by atoms with Crippen molar-refractivity contribution in [2.24, 2.45) is 4.99 Å². The van der Waals surface area contributed by atoms with Crippen molar-refractivity contribution in [3.8, 4) is 22.7 Å². The molecule has 30 heavy (non-hydrogen) atoms. The predicted molar refractivity (Wildman–Crippen MR) is 119 cm³/mol. The molecule has 1 atom stereocenters. The van der Waals surface area contributed by atoms with Gasteiger partial charge in [0.15, 0.2) is 9.84 Å². The molecule has 0 spiro atoms. The molecule has 2 heterocycles. The van der Waals surface area contributed by atoms with Crippen LogP contribution in [0.5, 0.6) is 5.75 Å². The number of aliphatic imine (C=N–C) groups is 1. The largest absolute Gasteiger partial charge is 0.494 e. The van der Waals surface area contributed by atoms with Crippen LogP contribution < -0.4 is 4.74 Å². The topological polar surface area (TPSA) is 73.5 Å². The van der Waals surface area contributed by atoms with E-state index in [0.717, 1.165) is 34.7 Å². The van der Waals surface area contributed by atoms with E-state index in [4.69, 9.17) is 9.84 Å². The number of sulfone groups is 1. The first-order valence-electron chi connectivity index (χ1n) is 10.2. The quantitative estimate of drug-likeness (QED) is 0.540. The van der Waals surface area contributed by atoms with E-state index in [1.54, 1.807) is 6.21 Å². The van der Waals surface area contributed by atoms with Gasteiger partial charge >= 0.3 is 0 Å². The van der Waals surface area contributed by atoms with Gasteiger partial charge < -0.3 is 4.74 Å². The molecule has 0 bridgehead atoms. The fraction of sp³-hybridized carbons (Fsp3) is 0.304. The lowest BCUT2D eigenvalue weighted by Gasteiger charge is -2.05. The maximum atomic E-state index is 11.7. The Kier molecular flexibility index (Phi) is 5.99. The molecule has 0 unspecified atom stereocenters. The van der Waals surface area contributed by atoms with E-state index < -0.39 is 9.84 Å². The van der Waals surface area contributed by atoms with Crippen LogP contribution in [0.3, 0.4) is 0 Å². The zero-order valence-corrected chi connectivity index (χ0v) is 17.8. The van der Waals surface area contributed by atoms with Crippen LogP contribution in [0.15, 0.2) is 65.8 Å². The fourth-order valence-electron chi connectivity index (χ4n) is 3.43. The minimum absolute atomic E-state index is 0.120. The Labute approximate surface area is 177 Å². The number of rotatable bonds is 7. The zero-order chi connectivity index (χ0) is 21.0. The molecule has 1 aliphatic rings. The third kappa shape index (κ3) is 4.79. The van der Waals surface area contributed by atoms with Crippen molar-refractivity contribution in [2.75, 3.05) is 18.1 Å². The lowest BCUT2D eigenvalue weighted by Crippen LogP contribution is -2.07. The van der Waals surface area contributed by atoms with Crippen LogP contribution in [0.1, 0.15) is 25.3 Å². The van der Waals surface area contributed by atoms with Crippen LogP contribution in [-0.4, -0.2) is 48.6 Å². The lowest BCUT2D eigenvalue weighted by atomic mass is 10.1. The van der Waals surface area contributed by atoms with Crippen LogP contribution in [0.2, 0.25) is 0 Å². The minimum Gasteiger partial charge on any atom is -0.494 e. The molecule has 1 aromatic heterocycles. The van der Waals surface area contributed by atoms with Crippen molar-refractivity contribution < 1.29 is 13.2 Å². The highest BCUT2D eigenvalue weighted by molar-refractivity contribution is 7.91. The minimum atomic E-state index is -2.96. The Balaban J connectivity index is 1.66.